The van der Waals surface area contributed by atoms with Crippen LogP contribution < -0.4 is 10.1 Å². The Kier molecular flexibility index (Phi) is 6.55. The highest BCUT2D eigenvalue weighted by molar-refractivity contribution is 6.05. The topological polar surface area (TPSA) is 88.2 Å². The van der Waals surface area contributed by atoms with Crippen molar-refractivity contribution in [3.63, 3.8) is 0 Å². The van der Waals surface area contributed by atoms with Gasteiger partial charge >= 0.3 is 0 Å². The smallest absolute Gasteiger partial charge is 0.255 e. The third kappa shape index (κ3) is 4.79. The van der Waals surface area contributed by atoms with E-state index in [1.165, 1.54) is 28.3 Å². The molecule has 1 N–H and O–H groups in total. The molecule has 7 rings (SSSR count). The van der Waals surface area contributed by atoms with Gasteiger partial charge in [0.1, 0.15) is 17.9 Å². The van der Waals surface area contributed by atoms with Crippen molar-refractivity contribution in [1.29, 1.82) is 0 Å². The van der Waals surface area contributed by atoms with Crippen molar-refractivity contribution in [2.75, 3.05) is 20.2 Å². The van der Waals surface area contributed by atoms with Crippen LogP contribution in [0.2, 0.25) is 0 Å². The zero-order valence-corrected chi connectivity index (χ0v) is 23.4. The average Bonchev–Trinajstić information content (AvgIpc) is 3.51. The van der Waals surface area contributed by atoms with Crippen molar-refractivity contribution >= 4 is 28.5 Å². The Morgan fingerprint density at radius 3 is 2.59 bits per heavy atom. The number of ether oxygens (including phenoxy) is 2. The Labute approximate surface area is 239 Å². The highest BCUT2D eigenvalue weighted by Gasteiger charge is 2.40. The maximum Gasteiger partial charge on any atom is 0.255 e. The van der Waals surface area contributed by atoms with Crippen LogP contribution in [0.15, 0.2) is 54.6 Å². The normalized spacial score (nSPS) is 23.9. The SMILES string of the molecule is COC1(c2ccc3cc(CN4CC[C@H](Oc5ccc6c(c5)CN(C5CCC(=O)NC5=O)C6=O)C4)ccc3c2)CCC1. The molecule has 1 aliphatic carbocycles. The van der Waals surface area contributed by atoms with Crippen LogP contribution in [-0.4, -0.2) is 59.9 Å². The van der Waals surface area contributed by atoms with Gasteiger partial charge in [-0.15, -0.1) is 0 Å². The van der Waals surface area contributed by atoms with Gasteiger partial charge in [0.05, 0.1) is 5.60 Å². The number of nitrogens with one attached hydrogen (secondary N) is 1. The van der Waals surface area contributed by atoms with E-state index in [9.17, 15) is 14.4 Å². The molecule has 0 bridgehead atoms. The Morgan fingerprint density at radius 1 is 0.976 bits per heavy atom. The number of imide groups is 1. The van der Waals surface area contributed by atoms with Gasteiger partial charge in [0.15, 0.2) is 0 Å². The van der Waals surface area contributed by atoms with Crippen molar-refractivity contribution in [3.8, 4) is 5.75 Å². The predicted molar refractivity (Wildman–Crippen MR) is 153 cm³/mol. The van der Waals surface area contributed by atoms with E-state index in [1.54, 1.807) is 11.0 Å². The number of hydrogen-bond acceptors (Lipinski definition) is 6. The number of likely N-dealkylation sites (tertiary alicyclic amines) is 1. The second-order valence-electron chi connectivity index (χ2n) is 11.9. The Hall–Kier alpha value is -3.75. The van der Waals surface area contributed by atoms with E-state index in [-0.39, 0.29) is 29.9 Å². The molecule has 8 nitrogen and oxygen atoms in total. The molecule has 1 unspecified atom stereocenters. The molecule has 3 fully saturated rings. The maximum atomic E-state index is 13.0. The fourth-order valence-electron chi connectivity index (χ4n) is 6.90. The lowest BCUT2D eigenvalue weighted by molar-refractivity contribution is -0.136. The summed E-state index contributed by atoms with van der Waals surface area (Å²) >= 11 is 0. The van der Waals surface area contributed by atoms with Gasteiger partial charge in [-0.05, 0) is 89.9 Å². The third-order valence-corrected chi connectivity index (χ3v) is 9.42. The van der Waals surface area contributed by atoms with Crippen molar-refractivity contribution < 1.29 is 23.9 Å². The van der Waals surface area contributed by atoms with E-state index in [2.05, 4.69) is 46.6 Å². The molecule has 4 aliphatic rings. The molecule has 212 valence electrons. The van der Waals surface area contributed by atoms with E-state index in [4.69, 9.17) is 9.47 Å². The number of fused-ring (bicyclic) bond motifs is 2. The molecule has 3 aliphatic heterocycles. The lowest BCUT2D eigenvalue weighted by Gasteiger charge is -2.41. The molecule has 0 radical (unpaired) electrons. The van der Waals surface area contributed by atoms with E-state index in [0.717, 1.165) is 50.2 Å². The summed E-state index contributed by atoms with van der Waals surface area (Å²) in [6.07, 6.45) is 5.03. The van der Waals surface area contributed by atoms with Gasteiger partial charge in [0.2, 0.25) is 11.8 Å². The lowest BCUT2D eigenvalue weighted by atomic mass is 9.74. The molecule has 0 spiro atoms. The van der Waals surface area contributed by atoms with Crippen molar-refractivity contribution in [2.24, 2.45) is 0 Å². The van der Waals surface area contributed by atoms with Gasteiger partial charge < -0.3 is 14.4 Å². The molecule has 0 aromatic heterocycles. The highest BCUT2D eigenvalue weighted by Crippen LogP contribution is 2.45. The lowest BCUT2D eigenvalue weighted by Crippen LogP contribution is -2.52. The van der Waals surface area contributed by atoms with Crippen LogP contribution in [0.3, 0.4) is 0 Å². The molecule has 1 saturated carbocycles. The number of piperidine rings is 1. The number of carbonyl (C=O) groups is 3. The number of rotatable bonds is 7. The van der Waals surface area contributed by atoms with Crippen molar-refractivity contribution in [2.45, 2.75) is 69.4 Å². The first-order chi connectivity index (χ1) is 19.9. The van der Waals surface area contributed by atoms with Crippen LogP contribution in [-0.2, 0) is 33.0 Å². The van der Waals surface area contributed by atoms with E-state index < -0.39 is 11.9 Å². The van der Waals surface area contributed by atoms with Crippen LogP contribution >= 0.6 is 0 Å². The van der Waals surface area contributed by atoms with E-state index in [0.29, 0.717) is 18.5 Å². The van der Waals surface area contributed by atoms with Gasteiger partial charge in [0, 0.05) is 45.3 Å². The van der Waals surface area contributed by atoms with Crippen LogP contribution in [0.4, 0.5) is 0 Å². The molecular weight excluding hydrogens is 518 g/mol. The first kappa shape index (κ1) is 26.2. The first-order valence-electron chi connectivity index (χ1n) is 14.7. The summed E-state index contributed by atoms with van der Waals surface area (Å²) in [4.78, 5) is 40.8. The minimum Gasteiger partial charge on any atom is -0.489 e. The fourth-order valence-corrected chi connectivity index (χ4v) is 6.90. The molecule has 41 heavy (non-hydrogen) atoms. The summed E-state index contributed by atoms with van der Waals surface area (Å²) in [5.74, 6) is -0.0962. The monoisotopic (exact) mass is 553 g/mol. The van der Waals surface area contributed by atoms with Crippen molar-refractivity contribution in [1.82, 2.24) is 15.1 Å². The largest absolute Gasteiger partial charge is 0.489 e. The van der Waals surface area contributed by atoms with Crippen LogP contribution in [0.25, 0.3) is 10.8 Å². The second-order valence-corrected chi connectivity index (χ2v) is 11.9. The standard InChI is InChI=1S/C33H35N3O5/c1-40-33(12-2-13-33)25-6-5-22-15-21(3-4-23(22)16-25)18-35-14-11-27(20-35)41-26-7-8-28-24(17-26)19-36(32(28)39)29-9-10-30(37)34-31(29)38/h3-8,15-17,27,29H,2,9-14,18-20H2,1H3,(H,34,37,38)/t27-,29?/m0/s1. The molecular formula is C33H35N3O5. The zero-order chi connectivity index (χ0) is 28.1. The predicted octanol–water partition coefficient (Wildman–Crippen LogP) is 4.28. The molecule has 3 heterocycles. The summed E-state index contributed by atoms with van der Waals surface area (Å²) in [6.45, 7) is 3.03. The maximum absolute atomic E-state index is 13.0. The number of carbonyl (C=O) groups excluding carboxylic acids is 3. The molecule has 2 saturated heterocycles. The first-order valence-corrected chi connectivity index (χ1v) is 14.7. The number of hydrogen-bond donors (Lipinski definition) is 1. The third-order valence-electron chi connectivity index (χ3n) is 9.42. The summed E-state index contributed by atoms with van der Waals surface area (Å²) < 4.78 is 12.2. The highest BCUT2D eigenvalue weighted by atomic mass is 16.5. The Morgan fingerprint density at radius 2 is 1.80 bits per heavy atom. The fraction of sp³-hybridized carbons (Fsp3) is 0.424. The second kappa shape index (κ2) is 10.3. The average molecular weight is 554 g/mol. The Bertz CT molecular complexity index is 1540. The van der Waals surface area contributed by atoms with Gasteiger partial charge in [0.25, 0.3) is 5.91 Å². The summed E-state index contributed by atoms with van der Waals surface area (Å²) in [6, 6.07) is 18.4. The zero-order valence-electron chi connectivity index (χ0n) is 23.4. The van der Waals surface area contributed by atoms with Gasteiger partial charge in [-0.1, -0.05) is 24.3 Å². The van der Waals surface area contributed by atoms with E-state index in [1.807, 2.05) is 19.2 Å². The van der Waals surface area contributed by atoms with Crippen LogP contribution in [0.5, 0.6) is 5.75 Å². The van der Waals surface area contributed by atoms with Gasteiger partial charge in [-0.25, -0.2) is 0 Å². The number of methoxy groups -OCH3 is 1. The molecule has 3 aromatic rings. The summed E-state index contributed by atoms with van der Waals surface area (Å²) in [5.41, 5.74) is 3.94. The van der Waals surface area contributed by atoms with Crippen LogP contribution in [0, 0.1) is 0 Å². The molecule has 3 amide bonds. The van der Waals surface area contributed by atoms with Gasteiger partial charge in [-0.3, -0.25) is 24.6 Å². The number of amides is 3. The minimum atomic E-state index is -0.609. The van der Waals surface area contributed by atoms with Crippen LogP contribution in [0.1, 0.15) is 65.6 Å². The summed E-state index contributed by atoms with van der Waals surface area (Å²) in [5, 5.41) is 4.86. The summed E-state index contributed by atoms with van der Waals surface area (Å²) in [7, 11) is 1.82. The minimum absolute atomic E-state index is 0.0760. The van der Waals surface area contributed by atoms with Gasteiger partial charge in [-0.2, -0.15) is 0 Å². The van der Waals surface area contributed by atoms with E-state index >= 15 is 0 Å². The quantitative estimate of drug-likeness (QED) is 0.440. The molecule has 8 heteroatoms. The van der Waals surface area contributed by atoms with Crippen molar-refractivity contribution in [3.05, 3.63) is 76.9 Å². The number of nitrogens with zero attached hydrogens (tertiary/aromatic N) is 2. The number of benzene rings is 3. The molecule has 3 aromatic carbocycles. The Balaban J connectivity index is 0.970. The molecule has 2 atom stereocenters.